The highest BCUT2D eigenvalue weighted by Gasteiger charge is 2.23. The lowest BCUT2D eigenvalue weighted by molar-refractivity contribution is 0.0932. The molecular weight excluding hydrogens is 320 g/mol. The van der Waals surface area contributed by atoms with Crippen molar-refractivity contribution in [2.24, 2.45) is 0 Å². The zero-order valence-electron chi connectivity index (χ0n) is 14.0. The van der Waals surface area contributed by atoms with Crippen molar-refractivity contribution in [3.8, 4) is 0 Å². The van der Waals surface area contributed by atoms with Crippen molar-refractivity contribution in [2.75, 3.05) is 0 Å². The number of carbonyl (C=O) groups is 1. The molecule has 2 heterocycles. The van der Waals surface area contributed by atoms with E-state index in [1.807, 2.05) is 6.92 Å². The van der Waals surface area contributed by atoms with E-state index in [0.29, 0.717) is 22.9 Å². The van der Waals surface area contributed by atoms with Crippen molar-refractivity contribution in [3.63, 3.8) is 0 Å². The normalized spacial score (nSPS) is 16.8. The number of nitrogens with one attached hydrogen (secondary N) is 2. The molecule has 1 aliphatic rings. The number of amides is 1. The molecule has 0 spiro atoms. The minimum Gasteiger partial charge on any atom is -0.341 e. The van der Waals surface area contributed by atoms with Gasteiger partial charge >= 0.3 is 0 Å². The predicted octanol–water partition coefficient (Wildman–Crippen LogP) is 2.88. The number of fused-ring (bicyclic) bond motifs is 1. The largest absolute Gasteiger partial charge is 0.341 e. The Morgan fingerprint density at radius 3 is 2.88 bits per heavy atom. The van der Waals surface area contributed by atoms with Gasteiger partial charge in [0.2, 0.25) is 5.89 Å². The molecule has 1 fully saturated rings. The fourth-order valence-corrected chi connectivity index (χ4v) is 3.27. The highest BCUT2D eigenvalue weighted by atomic mass is 16.5. The Hall–Kier alpha value is -2.77. The number of benzene rings is 1. The molecule has 1 aliphatic carbocycles. The Morgan fingerprint density at radius 1 is 1.24 bits per heavy atom. The molecule has 1 amide bonds. The smallest absolute Gasteiger partial charge is 0.251 e. The van der Waals surface area contributed by atoms with Crippen molar-refractivity contribution in [1.29, 1.82) is 0 Å². The van der Waals surface area contributed by atoms with Crippen LogP contribution >= 0.6 is 0 Å². The molecule has 2 N–H and O–H groups in total. The Kier molecular flexibility index (Phi) is 4.17. The number of hydrogen-bond acceptors (Lipinski definition) is 6. The standard InChI is InChI=1S/C17H20N6O2/c1-10(17-19-15(22-25-17)11-5-3-2-4-6-11)18-16(24)12-7-8-13-14(9-12)21-23-20-13/h7-11H,2-6H2,1H3,(H,18,24)(H,20,21,23). The lowest BCUT2D eigenvalue weighted by Crippen LogP contribution is -2.26. The van der Waals surface area contributed by atoms with Gasteiger partial charge < -0.3 is 9.84 Å². The Balaban J connectivity index is 1.44. The van der Waals surface area contributed by atoms with Gasteiger partial charge in [-0.3, -0.25) is 4.79 Å². The minimum atomic E-state index is -0.356. The lowest BCUT2D eigenvalue weighted by atomic mass is 9.89. The van der Waals surface area contributed by atoms with E-state index in [-0.39, 0.29) is 11.9 Å². The monoisotopic (exact) mass is 340 g/mol. The zero-order chi connectivity index (χ0) is 17.2. The van der Waals surface area contributed by atoms with Crippen LogP contribution in [0.4, 0.5) is 0 Å². The molecule has 1 aromatic carbocycles. The third-order valence-electron chi connectivity index (χ3n) is 4.72. The molecule has 1 unspecified atom stereocenters. The van der Waals surface area contributed by atoms with E-state index < -0.39 is 0 Å². The van der Waals surface area contributed by atoms with Gasteiger partial charge in [0, 0.05) is 11.5 Å². The molecule has 8 nitrogen and oxygen atoms in total. The van der Waals surface area contributed by atoms with Crippen LogP contribution in [0, 0.1) is 0 Å². The van der Waals surface area contributed by atoms with Crippen LogP contribution in [0.15, 0.2) is 22.7 Å². The van der Waals surface area contributed by atoms with Crippen molar-refractivity contribution in [2.45, 2.75) is 51.0 Å². The van der Waals surface area contributed by atoms with Gasteiger partial charge in [0.05, 0.1) is 0 Å². The van der Waals surface area contributed by atoms with Crippen LogP contribution in [0.5, 0.6) is 0 Å². The van der Waals surface area contributed by atoms with Crippen LogP contribution in [0.2, 0.25) is 0 Å². The van der Waals surface area contributed by atoms with Gasteiger partial charge in [-0.2, -0.15) is 20.4 Å². The van der Waals surface area contributed by atoms with Crippen LogP contribution in [-0.2, 0) is 0 Å². The van der Waals surface area contributed by atoms with Gasteiger partial charge in [-0.1, -0.05) is 24.4 Å². The van der Waals surface area contributed by atoms with Gasteiger partial charge in [-0.25, -0.2) is 0 Å². The molecule has 0 saturated heterocycles. The van der Waals surface area contributed by atoms with E-state index in [1.165, 1.54) is 19.3 Å². The summed E-state index contributed by atoms with van der Waals surface area (Å²) in [5.74, 6) is 1.37. The number of carbonyl (C=O) groups excluding carboxylic acids is 1. The summed E-state index contributed by atoms with van der Waals surface area (Å²) < 4.78 is 5.37. The zero-order valence-corrected chi connectivity index (χ0v) is 14.0. The fraction of sp³-hybridized carbons (Fsp3) is 0.471. The number of aromatic amines is 1. The number of rotatable bonds is 4. The average Bonchev–Trinajstić information content (AvgIpc) is 3.31. The summed E-state index contributed by atoms with van der Waals surface area (Å²) in [6.07, 6.45) is 5.93. The average molecular weight is 340 g/mol. The van der Waals surface area contributed by atoms with Gasteiger partial charge in [0.1, 0.15) is 17.1 Å². The fourth-order valence-electron chi connectivity index (χ4n) is 3.27. The van der Waals surface area contributed by atoms with E-state index in [4.69, 9.17) is 4.52 Å². The van der Waals surface area contributed by atoms with E-state index in [0.717, 1.165) is 24.2 Å². The van der Waals surface area contributed by atoms with Crippen molar-refractivity contribution < 1.29 is 9.32 Å². The third kappa shape index (κ3) is 3.24. The molecule has 0 aliphatic heterocycles. The first-order chi connectivity index (χ1) is 12.2. The molecule has 25 heavy (non-hydrogen) atoms. The molecule has 8 heteroatoms. The SMILES string of the molecule is CC(NC(=O)c1ccc2n[nH]nc2c1)c1nc(C2CCCCC2)no1. The Bertz CT molecular complexity index is 880. The Labute approximate surface area is 144 Å². The number of nitrogens with zero attached hydrogens (tertiary/aromatic N) is 4. The van der Waals surface area contributed by atoms with Gasteiger partial charge in [0.15, 0.2) is 5.82 Å². The van der Waals surface area contributed by atoms with Crippen LogP contribution in [-0.4, -0.2) is 31.5 Å². The van der Waals surface area contributed by atoms with Crippen molar-refractivity contribution in [3.05, 3.63) is 35.5 Å². The predicted molar refractivity (Wildman–Crippen MR) is 89.9 cm³/mol. The second-order valence-corrected chi connectivity index (χ2v) is 6.55. The second-order valence-electron chi connectivity index (χ2n) is 6.55. The van der Waals surface area contributed by atoms with E-state index in [1.54, 1.807) is 18.2 Å². The van der Waals surface area contributed by atoms with Crippen LogP contribution < -0.4 is 5.32 Å². The number of aromatic nitrogens is 5. The van der Waals surface area contributed by atoms with E-state index >= 15 is 0 Å². The van der Waals surface area contributed by atoms with Crippen LogP contribution in [0.3, 0.4) is 0 Å². The van der Waals surface area contributed by atoms with Gasteiger partial charge in [0.25, 0.3) is 5.91 Å². The van der Waals surface area contributed by atoms with Crippen molar-refractivity contribution in [1.82, 2.24) is 30.9 Å². The van der Waals surface area contributed by atoms with E-state index in [2.05, 4.69) is 30.9 Å². The molecule has 1 atom stereocenters. The molecule has 1 saturated carbocycles. The maximum atomic E-state index is 12.4. The molecule has 130 valence electrons. The molecule has 4 rings (SSSR count). The molecule has 3 aromatic rings. The summed E-state index contributed by atoms with van der Waals surface area (Å²) in [5.41, 5.74) is 1.89. The summed E-state index contributed by atoms with van der Waals surface area (Å²) in [7, 11) is 0. The molecular formula is C17H20N6O2. The summed E-state index contributed by atoms with van der Waals surface area (Å²) >= 11 is 0. The first kappa shape index (κ1) is 15.7. The lowest BCUT2D eigenvalue weighted by Gasteiger charge is -2.17. The minimum absolute atomic E-state index is 0.213. The van der Waals surface area contributed by atoms with Crippen molar-refractivity contribution >= 4 is 16.9 Å². The van der Waals surface area contributed by atoms with Crippen LogP contribution in [0.1, 0.15) is 73.1 Å². The molecule has 0 bridgehead atoms. The van der Waals surface area contributed by atoms with Gasteiger partial charge in [-0.05, 0) is 38.0 Å². The molecule has 2 aromatic heterocycles. The van der Waals surface area contributed by atoms with Crippen LogP contribution in [0.25, 0.3) is 11.0 Å². The first-order valence-electron chi connectivity index (χ1n) is 8.65. The third-order valence-corrected chi connectivity index (χ3v) is 4.72. The summed E-state index contributed by atoms with van der Waals surface area (Å²) in [5, 5.41) is 17.5. The summed E-state index contributed by atoms with van der Waals surface area (Å²) in [6, 6.07) is 4.81. The van der Waals surface area contributed by atoms with E-state index in [9.17, 15) is 4.79 Å². The quantitative estimate of drug-likeness (QED) is 0.756. The Morgan fingerprint density at radius 2 is 2.04 bits per heavy atom. The van der Waals surface area contributed by atoms with Gasteiger partial charge in [-0.15, -0.1) is 0 Å². The highest BCUT2D eigenvalue weighted by Crippen LogP contribution is 2.31. The topological polar surface area (TPSA) is 110 Å². The molecule has 0 radical (unpaired) electrons. The maximum Gasteiger partial charge on any atom is 0.251 e. The first-order valence-corrected chi connectivity index (χ1v) is 8.65. The number of H-pyrrole nitrogens is 1. The number of hydrogen-bond donors (Lipinski definition) is 2. The summed E-state index contributed by atoms with van der Waals surface area (Å²) in [6.45, 7) is 1.84. The summed E-state index contributed by atoms with van der Waals surface area (Å²) in [4.78, 5) is 16.9. The second kappa shape index (κ2) is 6.62. The maximum absolute atomic E-state index is 12.4. The highest BCUT2D eigenvalue weighted by molar-refractivity contribution is 5.97.